The summed E-state index contributed by atoms with van der Waals surface area (Å²) in [6.07, 6.45) is 4.96. The molecule has 0 radical (unpaired) electrons. The van der Waals surface area contributed by atoms with E-state index < -0.39 is 0 Å². The van der Waals surface area contributed by atoms with Gasteiger partial charge in [0.2, 0.25) is 11.8 Å². The van der Waals surface area contributed by atoms with Gasteiger partial charge in [-0.25, -0.2) is 9.97 Å². The first-order valence-electron chi connectivity index (χ1n) is 8.94. The number of carbonyl (C=O) groups excluding carboxylic acids is 2. The summed E-state index contributed by atoms with van der Waals surface area (Å²) in [5.74, 6) is 0.198. The highest BCUT2D eigenvalue weighted by Crippen LogP contribution is 2.39. The number of thioether (sulfide) groups is 1. The Morgan fingerprint density at radius 1 is 1.19 bits per heavy atom. The van der Waals surface area contributed by atoms with Crippen molar-refractivity contribution < 1.29 is 9.59 Å². The summed E-state index contributed by atoms with van der Waals surface area (Å²) in [6.45, 7) is 5.33. The van der Waals surface area contributed by atoms with Crippen molar-refractivity contribution in [3.63, 3.8) is 0 Å². The van der Waals surface area contributed by atoms with Gasteiger partial charge < -0.3 is 9.80 Å². The number of hydrogen-bond donors (Lipinski definition) is 0. The molecule has 2 aromatic rings. The predicted octanol–water partition coefficient (Wildman–Crippen LogP) is 2.60. The number of amides is 2. The second-order valence-electron chi connectivity index (χ2n) is 6.32. The highest BCUT2D eigenvalue weighted by Gasteiger charge is 2.22. The van der Waals surface area contributed by atoms with Crippen molar-refractivity contribution in [3.8, 4) is 0 Å². The van der Waals surface area contributed by atoms with E-state index in [1.807, 2.05) is 13.8 Å². The summed E-state index contributed by atoms with van der Waals surface area (Å²) in [5.41, 5.74) is 1.37. The number of nitrogens with zero attached hydrogens (tertiary/aromatic N) is 4. The largest absolute Gasteiger partial charge is 0.342 e. The van der Waals surface area contributed by atoms with Crippen LogP contribution >= 0.6 is 23.1 Å². The van der Waals surface area contributed by atoms with Crippen LogP contribution in [0.15, 0.2) is 11.4 Å². The molecule has 0 atom stereocenters. The molecule has 0 fully saturated rings. The molecule has 2 heterocycles. The fraction of sp³-hybridized carbons (Fsp3) is 0.556. The normalized spacial score (nSPS) is 13.0. The Morgan fingerprint density at radius 3 is 2.69 bits per heavy atom. The van der Waals surface area contributed by atoms with Gasteiger partial charge in [0.15, 0.2) is 0 Å². The van der Waals surface area contributed by atoms with Gasteiger partial charge in [-0.05, 0) is 38.7 Å². The van der Waals surface area contributed by atoms with Crippen LogP contribution in [0, 0.1) is 0 Å². The maximum absolute atomic E-state index is 12.5. The van der Waals surface area contributed by atoms with Crippen molar-refractivity contribution in [3.05, 3.63) is 16.8 Å². The van der Waals surface area contributed by atoms with Crippen molar-refractivity contribution in [1.29, 1.82) is 0 Å². The molecule has 0 saturated carbocycles. The van der Waals surface area contributed by atoms with E-state index in [1.165, 1.54) is 33.5 Å². The number of fused-ring (bicyclic) bond motifs is 3. The second-order valence-corrected chi connectivity index (χ2v) is 8.37. The molecule has 3 rings (SSSR count). The van der Waals surface area contributed by atoms with E-state index in [4.69, 9.17) is 0 Å². The Hall–Kier alpha value is -1.67. The van der Waals surface area contributed by atoms with Crippen LogP contribution in [-0.2, 0) is 22.4 Å². The van der Waals surface area contributed by atoms with Gasteiger partial charge in [-0.15, -0.1) is 11.3 Å². The number of aromatic nitrogens is 2. The predicted molar refractivity (Wildman–Crippen MR) is 106 cm³/mol. The van der Waals surface area contributed by atoms with Crippen LogP contribution in [0.3, 0.4) is 0 Å². The minimum absolute atomic E-state index is 0.0177. The quantitative estimate of drug-likeness (QED) is 0.535. The fourth-order valence-corrected chi connectivity index (χ4v) is 5.48. The molecule has 2 amide bonds. The first-order chi connectivity index (χ1) is 12.5. The van der Waals surface area contributed by atoms with Crippen LogP contribution in [0.4, 0.5) is 0 Å². The summed E-state index contributed by atoms with van der Waals surface area (Å²) >= 11 is 3.19. The molecule has 0 aliphatic heterocycles. The van der Waals surface area contributed by atoms with Gasteiger partial charge in [0, 0.05) is 30.4 Å². The molecule has 0 spiro atoms. The second kappa shape index (κ2) is 8.35. The van der Waals surface area contributed by atoms with Crippen LogP contribution in [0.2, 0.25) is 0 Å². The van der Waals surface area contributed by atoms with E-state index in [1.54, 1.807) is 29.6 Å². The lowest BCUT2D eigenvalue weighted by Gasteiger charge is -2.23. The van der Waals surface area contributed by atoms with Gasteiger partial charge in [0.05, 0.1) is 12.3 Å². The monoisotopic (exact) mass is 392 g/mol. The van der Waals surface area contributed by atoms with Crippen LogP contribution in [0.1, 0.15) is 30.7 Å². The van der Waals surface area contributed by atoms with Gasteiger partial charge in [-0.3, -0.25) is 9.59 Å². The van der Waals surface area contributed by atoms with E-state index in [9.17, 15) is 9.59 Å². The zero-order valence-corrected chi connectivity index (χ0v) is 17.1. The van der Waals surface area contributed by atoms with Crippen molar-refractivity contribution in [2.24, 2.45) is 0 Å². The van der Waals surface area contributed by atoms with Crippen molar-refractivity contribution in [1.82, 2.24) is 19.8 Å². The Labute approximate surface area is 162 Å². The zero-order chi connectivity index (χ0) is 18.7. The number of aryl methyl sites for hydroxylation is 2. The van der Waals surface area contributed by atoms with Crippen LogP contribution in [0.5, 0.6) is 0 Å². The lowest BCUT2D eigenvalue weighted by atomic mass is 10.2. The third kappa shape index (κ3) is 3.86. The molecule has 2 aromatic heterocycles. The lowest BCUT2D eigenvalue weighted by Crippen LogP contribution is -2.41. The first kappa shape index (κ1) is 19.1. The minimum Gasteiger partial charge on any atom is -0.342 e. The molecular formula is C18H24N4O2S2. The zero-order valence-electron chi connectivity index (χ0n) is 15.4. The van der Waals surface area contributed by atoms with Crippen LogP contribution in [-0.4, -0.2) is 64.0 Å². The average molecular weight is 393 g/mol. The molecule has 140 valence electrons. The van der Waals surface area contributed by atoms with Gasteiger partial charge in [0.1, 0.15) is 16.2 Å². The fourth-order valence-electron chi connectivity index (χ4n) is 3.22. The molecule has 0 saturated heterocycles. The maximum Gasteiger partial charge on any atom is 0.242 e. The number of hydrogen-bond acceptors (Lipinski definition) is 6. The van der Waals surface area contributed by atoms with E-state index in [0.29, 0.717) is 13.1 Å². The minimum atomic E-state index is -0.0610. The van der Waals surface area contributed by atoms with Gasteiger partial charge in [-0.1, -0.05) is 11.8 Å². The topological polar surface area (TPSA) is 66.4 Å². The SMILES string of the molecule is CCN(CC)C(=O)CN(C)C(=O)CSc1ncnc2sc3c(c12)CCC3. The third-order valence-electron chi connectivity index (χ3n) is 4.71. The molecule has 0 bridgehead atoms. The Bertz CT molecular complexity index is 817. The summed E-state index contributed by atoms with van der Waals surface area (Å²) in [7, 11) is 1.68. The summed E-state index contributed by atoms with van der Waals surface area (Å²) < 4.78 is 0. The number of carbonyl (C=O) groups is 2. The van der Waals surface area contributed by atoms with Gasteiger partial charge in [-0.2, -0.15) is 0 Å². The van der Waals surface area contributed by atoms with Crippen molar-refractivity contribution in [2.75, 3.05) is 32.4 Å². The van der Waals surface area contributed by atoms with Crippen LogP contribution in [0.25, 0.3) is 10.2 Å². The maximum atomic E-state index is 12.5. The molecule has 0 unspecified atom stereocenters. The lowest BCUT2D eigenvalue weighted by molar-refractivity contribution is -0.137. The summed E-state index contributed by atoms with van der Waals surface area (Å²) in [5, 5.41) is 2.01. The molecule has 0 aromatic carbocycles. The number of likely N-dealkylation sites (N-methyl/N-ethyl adjacent to an activating group) is 2. The highest BCUT2D eigenvalue weighted by atomic mass is 32.2. The number of thiophene rings is 1. The Balaban J connectivity index is 1.65. The van der Waals surface area contributed by atoms with Crippen LogP contribution < -0.4 is 0 Å². The first-order valence-corrected chi connectivity index (χ1v) is 10.7. The van der Waals surface area contributed by atoms with Gasteiger partial charge in [0.25, 0.3) is 0 Å². The molecule has 0 N–H and O–H groups in total. The van der Waals surface area contributed by atoms with Crippen molar-refractivity contribution in [2.45, 2.75) is 38.1 Å². The molecule has 8 heteroatoms. The third-order valence-corrected chi connectivity index (χ3v) is 6.89. The molecular weight excluding hydrogens is 368 g/mol. The smallest absolute Gasteiger partial charge is 0.242 e. The number of rotatable bonds is 7. The van der Waals surface area contributed by atoms with E-state index in [-0.39, 0.29) is 24.1 Å². The Morgan fingerprint density at radius 2 is 1.96 bits per heavy atom. The molecule has 1 aliphatic carbocycles. The van der Waals surface area contributed by atoms with Crippen molar-refractivity contribution >= 4 is 45.1 Å². The van der Waals surface area contributed by atoms with Gasteiger partial charge >= 0.3 is 0 Å². The average Bonchev–Trinajstić information content (AvgIpc) is 3.21. The van der Waals surface area contributed by atoms with E-state index in [0.717, 1.165) is 28.1 Å². The Kier molecular flexibility index (Phi) is 6.13. The van der Waals surface area contributed by atoms with E-state index >= 15 is 0 Å². The molecule has 26 heavy (non-hydrogen) atoms. The summed E-state index contributed by atoms with van der Waals surface area (Å²) in [4.78, 5) is 39.1. The highest BCUT2D eigenvalue weighted by molar-refractivity contribution is 8.00. The molecule has 1 aliphatic rings. The standard InChI is InChI=1S/C18H24N4O2S2/c1-4-22(5-2)14(23)9-21(3)15(24)10-25-17-16-12-7-6-8-13(12)26-18(16)20-11-19-17/h11H,4-10H2,1-3H3. The molecule has 6 nitrogen and oxygen atoms in total. The summed E-state index contributed by atoms with van der Waals surface area (Å²) in [6, 6.07) is 0. The van der Waals surface area contributed by atoms with E-state index in [2.05, 4.69) is 9.97 Å².